The van der Waals surface area contributed by atoms with Gasteiger partial charge in [0.15, 0.2) is 36.6 Å². The van der Waals surface area contributed by atoms with Gasteiger partial charge in [0.25, 0.3) is 0 Å². The maximum atomic E-state index is 10.2. The Balaban J connectivity index is 2.10. The molecule has 4 N–H and O–H groups in total. The van der Waals surface area contributed by atoms with Crippen LogP contribution in [0.5, 0.6) is 28.7 Å². The van der Waals surface area contributed by atoms with Gasteiger partial charge in [-0.15, -0.1) is 0 Å². The van der Waals surface area contributed by atoms with Crippen LogP contribution in [0, 0.1) is 0 Å². The number of hydrogen-bond acceptors (Lipinski definition) is 8. The molecular weight excluding hydrogens is 366 g/mol. The summed E-state index contributed by atoms with van der Waals surface area (Å²) in [6.45, 7) is -0.382. The van der Waals surface area contributed by atoms with Gasteiger partial charge >= 0.3 is 0 Å². The smallest absolute Gasteiger partial charge is 0.207 e. The molecule has 0 radical (unpaired) electrons. The Morgan fingerprint density at radius 2 is 1.79 bits per heavy atom. The lowest BCUT2D eigenvalue weighted by molar-refractivity contribution is 0.0721. The van der Waals surface area contributed by atoms with Crippen molar-refractivity contribution in [1.29, 1.82) is 0 Å². The molecule has 0 amide bonds. The van der Waals surface area contributed by atoms with Gasteiger partial charge in [-0.25, -0.2) is 0 Å². The fourth-order valence-electron chi connectivity index (χ4n) is 4.31. The predicted octanol–water partition coefficient (Wildman–Crippen LogP) is 1.48. The van der Waals surface area contributed by atoms with Crippen molar-refractivity contribution in [2.24, 2.45) is 0 Å². The van der Waals surface area contributed by atoms with Gasteiger partial charge in [0.2, 0.25) is 5.75 Å². The van der Waals surface area contributed by atoms with E-state index in [2.05, 4.69) is 5.32 Å². The van der Waals surface area contributed by atoms with Crippen LogP contribution in [0.2, 0.25) is 0 Å². The minimum Gasteiger partial charge on any atom is -0.504 e. The van der Waals surface area contributed by atoms with Crippen LogP contribution in [-0.2, 0) is 12.8 Å². The fraction of sp³-hybridized carbons (Fsp3) is 0.400. The van der Waals surface area contributed by atoms with Crippen LogP contribution >= 0.6 is 0 Å². The zero-order valence-corrected chi connectivity index (χ0v) is 15.7. The third kappa shape index (κ3) is 2.72. The number of phenolic OH excluding ortho intramolecular Hbond substituents is 1. The van der Waals surface area contributed by atoms with Gasteiger partial charge in [-0.1, -0.05) is 0 Å². The summed E-state index contributed by atoms with van der Waals surface area (Å²) >= 11 is 0. The van der Waals surface area contributed by atoms with Gasteiger partial charge in [-0.05, 0) is 48.2 Å². The quantitative estimate of drug-likeness (QED) is 0.550. The number of phenols is 1. The van der Waals surface area contributed by atoms with E-state index in [1.165, 1.54) is 7.11 Å². The van der Waals surface area contributed by atoms with Crippen molar-refractivity contribution in [2.75, 3.05) is 34.4 Å². The van der Waals surface area contributed by atoms with Crippen LogP contribution < -0.4 is 24.3 Å². The maximum Gasteiger partial charge on any atom is 0.207 e. The molecule has 1 unspecified atom stereocenters. The average molecular weight is 389 g/mol. The number of hydrogen-bond donors (Lipinski definition) is 4. The van der Waals surface area contributed by atoms with Crippen LogP contribution in [-0.4, -0.2) is 49.7 Å². The molecule has 2 aromatic carbocycles. The standard InChI is InChI=1S/C20H23NO7/c1-25-15-7-12-10(6-14(15)24)5-13-16-11(3-4-21-13)18(26-2)20(28-9-23)19(17(12)16)27-8-22/h6-7,13,21-24H,3-5,8-9H2,1-2H3. The van der Waals surface area contributed by atoms with E-state index in [-0.39, 0.29) is 23.3 Å². The third-order valence-electron chi connectivity index (χ3n) is 5.34. The minimum absolute atomic E-state index is 0.00263. The van der Waals surface area contributed by atoms with Crippen molar-refractivity contribution >= 4 is 0 Å². The van der Waals surface area contributed by atoms with E-state index in [0.29, 0.717) is 24.3 Å². The summed E-state index contributed by atoms with van der Waals surface area (Å²) in [6.07, 6.45) is 1.39. The highest BCUT2D eigenvalue weighted by atomic mass is 16.6. The predicted molar refractivity (Wildman–Crippen MR) is 100 cm³/mol. The molecule has 0 fully saturated rings. The first-order valence-corrected chi connectivity index (χ1v) is 9.02. The molecule has 8 heteroatoms. The molecule has 4 rings (SSSR count). The molecule has 0 saturated heterocycles. The summed E-state index contributed by atoms with van der Waals surface area (Å²) in [5.74, 6) is 1.43. The highest BCUT2D eigenvalue weighted by Crippen LogP contribution is 2.56. The van der Waals surface area contributed by atoms with Crippen LogP contribution in [0.15, 0.2) is 12.1 Å². The Bertz CT molecular complexity index is 912. The Hall–Kier alpha value is -2.68. The maximum absolute atomic E-state index is 10.2. The van der Waals surface area contributed by atoms with E-state index < -0.39 is 13.6 Å². The lowest BCUT2D eigenvalue weighted by Crippen LogP contribution is -2.34. The third-order valence-corrected chi connectivity index (χ3v) is 5.34. The number of nitrogens with one attached hydrogen (secondary N) is 1. The molecule has 1 aliphatic heterocycles. The summed E-state index contributed by atoms with van der Waals surface area (Å²) in [6, 6.07) is 3.44. The second-order valence-corrected chi connectivity index (χ2v) is 6.65. The number of aliphatic hydroxyl groups is 2. The van der Waals surface area contributed by atoms with E-state index in [9.17, 15) is 15.3 Å². The molecular formula is C20H23NO7. The zero-order chi connectivity index (χ0) is 19.8. The van der Waals surface area contributed by atoms with Crippen molar-refractivity contribution in [1.82, 2.24) is 5.32 Å². The summed E-state index contributed by atoms with van der Waals surface area (Å²) in [5, 5.41) is 32.7. The van der Waals surface area contributed by atoms with Gasteiger partial charge in [-0.3, -0.25) is 0 Å². The second kappa shape index (κ2) is 7.38. The molecule has 8 nitrogen and oxygen atoms in total. The molecule has 2 aromatic rings. The fourth-order valence-corrected chi connectivity index (χ4v) is 4.31. The highest BCUT2D eigenvalue weighted by Gasteiger charge is 2.37. The van der Waals surface area contributed by atoms with Crippen molar-refractivity contribution in [3.63, 3.8) is 0 Å². The molecule has 1 aliphatic carbocycles. The van der Waals surface area contributed by atoms with Crippen molar-refractivity contribution in [2.45, 2.75) is 18.9 Å². The van der Waals surface area contributed by atoms with Gasteiger partial charge in [0, 0.05) is 17.2 Å². The van der Waals surface area contributed by atoms with Gasteiger partial charge in [0.05, 0.1) is 14.2 Å². The van der Waals surface area contributed by atoms with Crippen LogP contribution in [0.1, 0.15) is 22.7 Å². The number of aliphatic hydroxyl groups excluding tert-OH is 2. The van der Waals surface area contributed by atoms with E-state index in [0.717, 1.165) is 34.4 Å². The second-order valence-electron chi connectivity index (χ2n) is 6.65. The van der Waals surface area contributed by atoms with Gasteiger partial charge < -0.3 is 39.6 Å². The van der Waals surface area contributed by atoms with Crippen LogP contribution in [0.4, 0.5) is 0 Å². The average Bonchev–Trinajstić information content (AvgIpc) is 2.70. The number of rotatable bonds is 6. The molecule has 1 heterocycles. The molecule has 150 valence electrons. The first-order valence-electron chi connectivity index (χ1n) is 9.02. The van der Waals surface area contributed by atoms with Gasteiger partial charge in [0.1, 0.15) is 0 Å². The summed E-state index contributed by atoms with van der Waals surface area (Å²) in [5.41, 5.74) is 4.47. The number of fused-ring (bicyclic) bond motifs is 2. The molecule has 0 bridgehead atoms. The van der Waals surface area contributed by atoms with E-state index >= 15 is 0 Å². The van der Waals surface area contributed by atoms with Gasteiger partial charge in [-0.2, -0.15) is 0 Å². The minimum atomic E-state index is -0.570. The topological polar surface area (TPSA) is 110 Å². The zero-order valence-electron chi connectivity index (χ0n) is 15.7. The molecule has 0 aromatic heterocycles. The van der Waals surface area contributed by atoms with E-state index in [4.69, 9.17) is 18.9 Å². The lowest BCUT2D eigenvalue weighted by atomic mass is 9.76. The summed E-state index contributed by atoms with van der Waals surface area (Å²) in [7, 11) is 3.03. The normalized spacial score (nSPS) is 16.8. The molecule has 2 aliphatic rings. The largest absolute Gasteiger partial charge is 0.504 e. The number of aromatic hydroxyl groups is 1. The Labute approximate surface area is 162 Å². The Morgan fingerprint density at radius 3 is 2.46 bits per heavy atom. The molecule has 28 heavy (non-hydrogen) atoms. The summed E-state index contributed by atoms with van der Waals surface area (Å²) in [4.78, 5) is 0. The van der Waals surface area contributed by atoms with Crippen molar-refractivity contribution < 1.29 is 34.3 Å². The van der Waals surface area contributed by atoms with Crippen LogP contribution in [0.25, 0.3) is 11.1 Å². The Kier molecular flexibility index (Phi) is 4.92. The van der Waals surface area contributed by atoms with Crippen molar-refractivity contribution in [3.05, 3.63) is 28.8 Å². The molecule has 0 spiro atoms. The van der Waals surface area contributed by atoms with E-state index in [1.54, 1.807) is 19.2 Å². The van der Waals surface area contributed by atoms with Crippen molar-refractivity contribution in [3.8, 4) is 39.9 Å². The first kappa shape index (κ1) is 18.7. The molecule has 0 saturated carbocycles. The highest BCUT2D eigenvalue weighted by molar-refractivity contribution is 5.87. The lowest BCUT2D eigenvalue weighted by Gasteiger charge is -2.37. The SMILES string of the molecule is COc1cc2c(cc1O)CC1NCCc3c(OC)c(OCO)c(OCO)c-2c31. The summed E-state index contributed by atoms with van der Waals surface area (Å²) < 4.78 is 22.0. The number of benzene rings is 2. The van der Waals surface area contributed by atoms with E-state index in [1.807, 2.05) is 0 Å². The monoisotopic (exact) mass is 389 g/mol. The first-order chi connectivity index (χ1) is 13.6. The Morgan fingerprint density at radius 1 is 1.04 bits per heavy atom. The number of ether oxygens (including phenoxy) is 4. The van der Waals surface area contributed by atoms with Crippen LogP contribution in [0.3, 0.4) is 0 Å². The molecule has 1 atom stereocenters. The number of methoxy groups -OCH3 is 2.